The van der Waals surface area contributed by atoms with Crippen LogP contribution in [0.3, 0.4) is 0 Å². The third kappa shape index (κ3) is 1.49. The number of aromatic amines is 1. The van der Waals surface area contributed by atoms with Gasteiger partial charge in [-0.25, -0.2) is 0 Å². The number of carbonyl (C=O) groups excluding carboxylic acids is 2. The van der Waals surface area contributed by atoms with Gasteiger partial charge in [0.1, 0.15) is 5.58 Å². The van der Waals surface area contributed by atoms with Gasteiger partial charge in [-0.05, 0) is 24.6 Å². The molecular formula is C15H12N2O3. The Kier molecular flexibility index (Phi) is 2.24. The fourth-order valence-corrected chi connectivity index (χ4v) is 2.94. The zero-order valence-corrected chi connectivity index (χ0v) is 10.6. The van der Waals surface area contributed by atoms with E-state index in [0.29, 0.717) is 12.8 Å². The Morgan fingerprint density at radius 1 is 1.20 bits per heavy atom. The molecule has 3 heterocycles. The van der Waals surface area contributed by atoms with Crippen molar-refractivity contribution >= 4 is 33.7 Å². The van der Waals surface area contributed by atoms with Crippen LogP contribution in [-0.2, 0) is 9.59 Å². The number of amides is 2. The zero-order valence-electron chi connectivity index (χ0n) is 10.6. The van der Waals surface area contributed by atoms with Crippen molar-refractivity contribution in [1.29, 1.82) is 0 Å². The summed E-state index contributed by atoms with van der Waals surface area (Å²) in [6, 6.07) is 5.82. The average Bonchev–Trinajstić information content (AvgIpc) is 3.03. The lowest BCUT2D eigenvalue weighted by molar-refractivity contribution is -0.134. The molecular weight excluding hydrogens is 256 g/mol. The van der Waals surface area contributed by atoms with E-state index in [1.807, 2.05) is 24.4 Å². The molecule has 0 aliphatic carbocycles. The summed E-state index contributed by atoms with van der Waals surface area (Å²) in [5.41, 5.74) is 2.62. The molecule has 2 aromatic heterocycles. The van der Waals surface area contributed by atoms with Crippen LogP contribution in [0.15, 0.2) is 35.1 Å². The summed E-state index contributed by atoms with van der Waals surface area (Å²) in [6.45, 7) is 0. The molecule has 100 valence electrons. The number of nitrogens with one attached hydrogen (secondary N) is 2. The van der Waals surface area contributed by atoms with E-state index in [1.54, 1.807) is 6.26 Å². The van der Waals surface area contributed by atoms with E-state index in [-0.39, 0.29) is 17.7 Å². The van der Waals surface area contributed by atoms with Crippen LogP contribution in [-0.4, -0.2) is 16.8 Å². The van der Waals surface area contributed by atoms with E-state index in [4.69, 9.17) is 4.42 Å². The summed E-state index contributed by atoms with van der Waals surface area (Å²) in [7, 11) is 0. The molecule has 2 amide bonds. The minimum Gasteiger partial charge on any atom is -0.464 e. The van der Waals surface area contributed by atoms with Gasteiger partial charge in [-0.3, -0.25) is 14.9 Å². The maximum Gasteiger partial charge on any atom is 0.234 e. The topological polar surface area (TPSA) is 75.1 Å². The first-order chi connectivity index (χ1) is 9.74. The van der Waals surface area contributed by atoms with Crippen LogP contribution in [0.1, 0.15) is 24.3 Å². The van der Waals surface area contributed by atoms with Crippen molar-refractivity contribution in [2.45, 2.75) is 18.8 Å². The number of furan rings is 1. The number of fused-ring (bicyclic) bond motifs is 3. The average molecular weight is 268 g/mol. The Balaban J connectivity index is 1.93. The van der Waals surface area contributed by atoms with E-state index in [1.165, 1.54) is 0 Å². The number of carbonyl (C=O) groups is 2. The third-order valence-corrected chi connectivity index (χ3v) is 3.91. The highest BCUT2D eigenvalue weighted by Gasteiger charge is 2.30. The number of aromatic nitrogens is 1. The highest BCUT2D eigenvalue weighted by atomic mass is 16.3. The lowest BCUT2D eigenvalue weighted by Crippen LogP contribution is -2.39. The largest absolute Gasteiger partial charge is 0.464 e. The maximum absolute atomic E-state index is 12.0. The molecule has 1 fully saturated rings. The number of benzene rings is 1. The number of H-pyrrole nitrogens is 1. The van der Waals surface area contributed by atoms with Crippen LogP contribution in [0.25, 0.3) is 21.9 Å². The molecule has 3 aromatic rings. The van der Waals surface area contributed by atoms with Gasteiger partial charge in [0.25, 0.3) is 0 Å². The second-order valence-electron chi connectivity index (χ2n) is 5.07. The molecule has 2 N–H and O–H groups in total. The summed E-state index contributed by atoms with van der Waals surface area (Å²) in [4.78, 5) is 26.5. The molecule has 1 aliphatic heterocycles. The summed E-state index contributed by atoms with van der Waals surface area (Å²) in [5.74, 6) is -0.767. The molecule has 1 aliphatic rings. The van der Waals surface area contributed by atoms with Crippen molar-refractivity contribution in [2.24, 2.45) is 0 Å². The van der Waals surface area contributed by atoms with Crippen molar-refractivity contribution < 1.29 is 14.0 Å². The lowest BCUT2D eigenvalue weighted by Gasteiger charge is -2.20. The molecule has 0 radical (unpaired) electrons. The standard InChI is InChI=1S/C15H12N2O3/c18-13-4-1-8(15(19)17-13)10-7-20-12-3-2-11-9(14(10)12)5-6-16-11/h2-3,5-8,16H,1,4H2,(H,17,18,19)/t8-/m0/s1. The first-order valence-electron chi connectivity index (χ1n) is 6.55. The van der Waals surface area contributed by atoms with E-state index < -0.39 is 0 Å². The SMILES string of the molecule is O=C1CC[C@@H](c2coc3ccc4[nH]ccc4c23)C(=O)N1. The Bertz CT molecular complexity index is 843. The molecule has 5 heteroatoms. The second kappa shape index (κ2) is 3.96. The Morgan fingerprint density at radius 3 is 2.95 bits per heavy atom. The molecule has 20 heavy (non-hydrogen) atoms. The van der Waals surface area contributed by atoms with Crippen LogP contribution < -0.4 is 5.32 Å². The van der Waals surface area contributed by atoms with Gasteiger partial charge < -0.3 is 9.40 Å². The number of hydrogen-bond donors (Lipinski definition) is 2. The van der Waals surface area contributed by atoms with Gasteiger partial charge in [-0.2, -0.15) is 0 Å². The van der Waals surface area contributed by atoms with Crippen molar-refractivity contribution in [2.75, 3.05) is 0 Å². The fraction of sp³-hybridized carbons (Fsp3) is 0.200. The fourth-order valence-electron chi connectivity index (χ4n) is 2.94. The number of piperidine rings is 1. The van der Waals surface area contributed by atoms with E-state index in [0.717, 1.165) is 27.4 Å². The molecule has 1 aromatic carbocycles. The van der Waals surface area contributed by atoms with E-state index in [2.05, 4.69) is 10.3 Å². The van der Waals surface area contributed by atoms with Crippen LogP contribution in [0.4, 0.5) is 0 Å². The van der Waals surface area contributed by atoms with Gasteiger partial charge in [0.05, 0.1) is 12.2 Å². The van der Waals surface area contributed by atoms with Crippen LogP contribution in [0.2, 0.25) is 0 Å². The summed E-state index contributed by atoms with van der Waals surface area (Å²) in [6.07, 6.45) is 4.40. The smallest absolute Gasteiger partial charge is 0.234 e. The van der Waals surface area contributed by atoms with Crippen molar-refractivity contribution in [3.05, 3.63) is 36.2 Å². The molecule has 0 spiro atoms. The first kappa shape index (κ1) is 11.3. The van der Waals surface area contributed by atoms with Crippen molar-refractivity contribution in [3.8, 4) is 0 Å². The van der Waals surface area contributed by atoms with E-state index >= 15 is 0 Å². The summed E-state index contributed by atoms with van der Waals surface area (Å²) in [5, 5.41) is 4.39. The predicted molar refractivity (Wildman–Crippen MR) is 73.2 cm³/mol. The van der Waals surface area contributed by atoms with Gasteiger partial charge >= 0.3 is 0 Å². The minimum atomic E-state index is -0.325. The van der Waals surface area contributed by atoms with Crippen molar-refractivity contribution in [3.63, 3.8) is 0 Å². The molecule has 5 nitrogen and oxygen atoms in total. The van der Waals surface area contributed by atoms with Crippen LogP contribution in [0, 0.1) is 0 Å². The number of hydrogen-bond acceptors (Lipinski definition) is 3. The Hall–Kier alpha value is -2.56. The van der Waals surface area contributed by atoms with Crippen LogP contribution in [0.5, 0.6) is 0 Å². The number of imide groups is 1. The van der Waals surface area contributed by atoms with Crippen LogP contribution >= 0.6 is 0 Å². The lowest BCUT2D eigenvalue weighted by atomic mass is 9.89. The van der Waals surface area contributed by atoms with E-state index in [9.17, 15) is 9.59 Å². The highest BCUT2D eigenvalue weighted by Crippen LogP contribution is 2.36. The van der Waals surface area contributed by atoms with Crippen molar-refractivity contribution in [1.82, 2.24) is 10.3 Å². The Labute approximate surface area is 113 Å². The third-order valence-electron chi connectivity index (χ3n) is 3.91. The quantitative estimate of drug-likeness (QED) is 0.665. The predicted octanol–water partition coefficient (Wildman–Crippen LogP) is 2.43. The minimum absolute atomic E-state index is 0.203. The Morgan fingerprint density at radius 2 is 2.10 bits per heavy atom. The van der Waals surface area contributed by atoms with Gasteiger partial charge in [0, 0.05) is 34.5 Å². The maximum atomic E-state index is 12.0. The molecule has 1 atom stereocenters. The zero-order chi connectivity index (χ0) is 13.7. The molecule has 0 unspecified atom stereocenters. The molecule has 0 saturated carbocycles. The summed E-state index contributed by atoms with van der Waals surface area (Å²) >= 11 is 0. The first-order valence-corrected chi connectivity index (χ1v) is 6.55. The second-order valence-corrected chi connectivity index (χ2v) is 5.07. The monoisotopic (exact) mass is 268 g/mol. The van der Waals surface area contributed by atoms with Gasteiger partial charge in [0.2, 0.25) is 11.8 Å². The van der Waals surface area contributed by atoms with Gasteiger partial charge in [-0.1, -0.05) is 0 Å². The molecule has 4 rings (SSSR count). The van der Waals surface area contributed by atoms with Gasteiger partial charge in [0.15, 0.2) is 0 Å². The molecule has 1 saturated heterocycles. The highest BCUT2D eigenvalue weighted by molar-refractivity contribution is 6.09. The summed E-state index contributed by atoms with van der Waals surface area (Å²) < 4.78 is 5.58. The van der Waals surface area contributed by atoms with Gasteiger partial charge in [-0.15, -0.1) is 0 Å². The number of rotatable bonds is 1. The molecule has 0 bridgehead atoms. The normalized spacial score (nSPS) is 19.7.